The van der Waals surface area contributed by atoms with E-state index in [2.05, 4.69) is 0 Å². The lowest BCUT2D eigenvalue weighted by atomic mass is 9.96. The summed E-state index contributed by atoms with van der Waals surface area (Å²) in [7, 11) is 0. The molecule has 0 aliphatic rings. The van der Waals surface area contributed by atoms with E-state index in [1.165, 1.54) is 12.1 Å². The number of benzene rings is 2. The highest BCUT2D eigenvalue weighted by atomic mass is 19.4. The molecule has 2 rings (SSSR count). The van der Waals surface area contributed by atoms with Crippen molar-refractivity contribution in [1.29, 1.82) is 0 Å². The summed E-state index contributed by atoms with van der Waals surface area (Å²) in [6.45, 7) is 0. The molecule has 122 valence electrons. The Hall–Kier alpha value is -2.31. The van der Waals surface area contributed by atoms with Crippen LogP contribution in [-0.4, -0.2) is 5.78 Å². The zero-order valence-electron chi connectivity index (χ0n) is 11.5. The Bertz CT molecular complexity index is 701. The van der Waals surface area contributed by atoms with Gasteiger partial charge in [0.25, 0.3) is 0 Å². The summed E-state index contributed by atoms with van der Waals surface area (Å²) < 4.78 is 76.9. The van der Waals surface area contributed by atoms with E-state index in [1.54, 1.807) is 18.2 Å². The van der Waals surface area contributed by atoms with Crippen molar-refractivity contribution in [3.8, 4) is 0 Å². The SMILES string of the molecule is O=C(Cc1ccccc1)c1cc(C(F)(F)F)ccc1C(F)(F)F. The maximum absolute atomic E-state index is 12.9. The first kappa shape index (κ1) is 17.1. The number of carbonyl (C=O) groups is 1. The van der Waals surface area contributed by atoms with Gasteiger partial charge in [0.05, 0.1) is 11.1 Å². The van der Waals surface area contributed by atoms with Gasteiger partial charge in [-0.1, -0.05) is 30.3 Å². The van der Waals surface area contributed by atoms with Crippen molar-refractivity contribution < 1.29 is 31.1 Å². The Morgan fingerprint density at radius 3 is 1.96 bits per heavy atom. The van der Waals surface area contributed by atoms with Gasteiger partial charge in [-0.25, -0.2) is 0 Å². The molecule has 0 amide bonds. The predicted octanol–water partition coefficient (Wildman–Crippen LogP) is 5.15. The van der Waals surface area contributed by atoms with Crippen molar-refractivity contribution in [2.75, 3.05) is 0 Å². The van der Waals surface area contributed by atoms with E-state index >= 15 is 0 Å². The summed E-state index contributed by atoms with van der Waals surface area (Å²) in [5, 5.41) is 0. The van der Waals surface area contributed by atoms with E-state index in [4.69, 9.17) is 0 Å². The zero-order chi connectivity index (χ0) is 17.3. The molecule has 0 atom stereocenters. The number of alkyl halides is 6. The molecule has 23 heavy (non-hydrogen) atoms. The first-order valence-electron chi connectivity index (χ1n) is 6.44. The summed E-state index contributed by atoms with van der Waals surface area (Å²) in [6.07, 6.45) is -10.1. The highest BCUT2D eigenvalue weighted by Gasteiger charge is 2.38. The smallest absolute Gasteiger partial charge is 0.294 e. The van der Waals surface area contributed by atoms with E-state index in [1.807, 2.05) is 0 Å². The third-order valence-corrected chi connectivity index (χ3v) is 3.16. The number of rotatable bonds is 3. The highest BCUT2D eigenvalue weighted by Crippen LogP contribution is 2.36. The monoisotopic (exact) mass is 332 g/mol. The normalized spacial score (nSPS) is 12.3. The summed E-state index contributed by atoms with van der Waals surface area (Å²) in [5.41, 5.74) is -3.22. The standard InChI is InChI=1S/C16H10F6O/c17-15(18,19)11-6-7-13(16(20,21)22)12(9-11)14(23)8-10-4-2-1-3-5-10/h1-7,9H,8H2. The van der Waals surface area contributed by atoms with Gasteiger partial charge >= 0.3 is 12.4 Å². The molecule has 7 heteroatoms. The molecule has 2 aromatic rings. The summed E-state index contributed by atoms with van der Waals surface area (Å²) in [4.78, 5) is 12.1. The summed E-state index contributed by atoms with van der Waals surface area (Å²) >= 11 is 0. The molecule has 0 N–H and O–H groups in total. The van der Waals surface area contributed by atoms with Gasteiger partial charge in [-0.2, -0.15) is 26.3 Å². The minimum Gasteiger partial charge on any atom is -0.294 e. The van der Waals surface area contributed by atoms with Crippen molar-refractivity contribution in [2.24, 2.45) is 0 Å². The van der Waals surface area contributed by atoms with Crippen LogP contribution in [0.4, 0.5) is 26.3 Å². The Balaban J connectivity index is 2.47. The molecular weight excluding hydrogens is 322 g/mol. The molecule has 2 aromatic carbocycles. The van der Waals surface area contributed by atoms with E-state index in [-0.39, 0.29) is 6.07 Å². The lowest BCUT2D eigenvalue weighted by molar-refractivity contribution is -0.141. The number of halogens is 6. The lowest BCUT2D eigenvalue weighted by Gasteiger charge is -2.15. The molecule has 0 saturated heterocycles. The fraction of sp³-hybridized carbons (Fsp3) is 0.188. The highest BCUT2D eigenvalue weighted by molar-refractivity contribution is 5.99. The minimum absolute atomic E-state index is 0.258. The van der Waals surface area contributed by atoms with Crippen LogP contribution in [0.15, 0.2) is 48.5 Å². The van der Waals surface area contributed by atoms with E-state index in [0.717, 1.165) is 0 Å². The topological polar surface area (TPSA) is 17.1 Å². The molecule has 0 radical (unpaired) electrons. The first-order valence-corrected chi connectivity index (χ1v) is 6.44. The summed E-state index contributed by atoms with van der Waals surface area (Å²) in [6, 6.07) is 8.72. The molecule has 0 fully saturated rings. The molecule has 0 aromatic heterocycles. The van der Waals surface area contributed by atoms with Gasteiger partial charge in [0.2, 0.25) is 0 Å². The van der Waals surface area contributed by atoms with Crippen LogP contribution < -0.4 is 0 Å². The third-order valence-electron chi connectivity index (χ3n) is 3.16. The zero-order valence-corrected chi connectivity index (χ0v) is 11.5. The average Bonchev–Trinajstić information content (AvgIpc) is 2.45. The van der Waals surface area contributed by atoms with Crippen molar-refractivity contribution in [2.45, 2.75) is 18.8 Å². The Kier molecular flexibility index (Phi) is 4.49. The van der Waals surface area contributed by atoms with Crippen molar-refractivity contribution in [3.63, 3.8) is 0 Å². The average molecular weight is 332 g/mol. The van der Waals surface area contributed by atoms with Gasteiger partial charge in [0, 0.05) is 12.0 Å². The van der Waals surface area contributed by atoms with Crippen LogP contribution in [0.1, 0.15) is 27.0 Å². The second-order valence-corrected chi connectivity index (χ2v) is 4.84. The minimum atomic E-state index is -4.91. The summed E-state index contributed by atoms with van der Waals surface area (Å²) in [5.74, 6) is -1.02. The van der Waals surface area contributed by atoms with Crippen LogP contribution in [-0.2, 0) is 18.8 Å². The third kappa shape index (κ3) is 4.12. The van der Waals surface area contributed by atoms with Gasteiger partial charge in [-0.3, -0.25) is 4.79 Å². The van der Waals surface area contributed by atoms with Crippen molar-refractivity contribution in [3.05, 3.63) is 70.8 Å². The van der Waals surface area contributed by atoms with Crippen LogP contribution in [0, 0.1) is 0 Å². The molecule has 0 heterocycles. The van der Waals surface area contributed by atoms with Gasteiger partial charge in [0.1, 0.15) is 0 Å². The second-order valence-electron chi connectivity index (χ2n) is 4.84. The number of hydrogen-bond donors (Lipinski definition) is 0. The number of ketones is 1. The predicted molar refractivity (Wildman–Crippen MR) is 70.9 cm³/mol. The van der Waals surface area contributed by atoms with Crippen LogP contribution in [0.25, 0.3) is 0 Å². The number of carbonyl (C=O) groups excluding carboxylic acids is 1. The fourth-order valence-electron chi connectivity index (χ4n) is 2.07. The number of hydrogen-bond acceptors (Lipinski definition) is 1. The lowest BCUT2D eigenvalue weighted by Crippen LogP contribution is -2.17. The fourth-order valence-corrected chi connectivity index (χ4v) is 2.07. The molecule has 0 spiro atoms. The molecular formula is C16H10F6O. The molecule has 1 nitrogen and oxygen atoms in total. The van der Waals surface area contributed by atoms with Gasteiger partial charge < -0.3 is 0 Å². The molecule has 0 aliphatic carbocycles. The Labute approximate surface area is 127 Å². The van der Waals surface area contributed by atoms with E-state index in [0.29, 0.717) is 17.7 Å². The van der Waals surface area contributed by atoms with Crippen molar-refractivity contribution in [1.82, 2.24) is 0 Å². The van der Waals surface area contributed by atoms with Crippen LogP contribution in [0.5, 0.6) is 0 Å². The van der Waals surface area contributed by atoms with Gasteiger partial charge in [-0.05, 0) is 23.8 Å². The molecule has 0 aliphatic heterocycles. The van der Waals surface area contributed by atoms with Crippen LogP contribution >= 0.6 is 0 Å². The first-order chi connectivity index (χ1) is 10.6. The molecule has 0 bridgehead atoms. The Morgan fingerprint density at radius 1 is 0.826 bits per heavy atom. The van der Waals surface area contributed by atoms with Crippen LogP contribution in [0.3, 0.4) is 0 Å². The largest absolute Gasteiger partial charge is 0.417 e. The maximum atomic E-state index is 12.9. The van der Waals surface area contributed by atoms with Gasteiger partial charge in [0.15, 0.2) is 5.78 Å². The number of Topliss-reactive ketones (excluding diaryl/α,β-unsaturated/α-hetero) is 1. The van der Waals surface area contributed by atoms with Crippen LogP contribution in [0.2, 0.25) is 0 Å². The van der Waals surface area contributed by atoms with Gasteiger partial charge in [-0.15, -0.1) is 0 Å². The van der Waals surface area contributed by atoms with E-state index < -0.39 is 41.2 Å². The second kappa shape index (κ2) is 6.06. The Morgan fingerprint density at radius 2 is 1.43 bits per heavy atom. The maximum Gasteiger partial charge on any atom is 0.417 e. The van der Waals surface area contributed by atoms with Crippen molar-refractivity contribution >= 4 is 5.78 Å². The molecule has 0 unspecified atom stereocenters. The molecule has 0 saturated carbocycles. The quantitative estimate of drug-likeness (QED) is 0.561. The van der Waals surface area contributed by atoms with E-state index in [9.17, 15) is 31.1 Å².